The van der Waals surface area contributed by atoms with E-state index in [9.17, 15) is 4.79 Å². The highest BCUT2D eigenvalue weighted by Gasteiger charge is 2.07. The second kappa shape index (κ2) is 7.12. The Hall–Kier alpha value is -2.29. The quantitative estimate of drug-likeness (QED) is 0.885. The monoisotopic (exact) mass is 297 g/mol. The molecular weight excluding hydrogens is 274 g/mol. The first-order valence-corrected chi connectivity index (χ1v) is 7.56. The summed E-state index contributed by atoms with van der Waals surface area (Å²) in [4.78, 5) is 12.0. The van der Waals surface area contributed by atoms with Crippen LogP contribution in [0.4, 0.5) is 5.69 Å². The van der Waals surface area contributed by atoms with E-state index in [1.807, 2.05) is 56.3 Å². The average molecular weight is 297 g/mol. The van der Waals surface area contributed by atoms with Crippen LogP contribution in [0.25, 0.3) is 0 Å². The summed E-state index contributed by atoms with van der Waals surface area (Å²) in [6.45, 7) is 8.32. The number of rotatable bonds is 5. The number of carbonyl (C=O) groups is 1. The van der Waals surface area contributed by atoms with E-state index in [0.717, 1.165) is 16.8 Å². The summed E-state index contributed by atoms with van der Waals surface area (Å²) in [7, 11) is 0. The van der Waals surface area contributed by atoms with Gasteiger partial charge in [0.15, 0.2) is 6.61 Å². The standard InChI is InChI=1S/C19H23NO2/c1-13(2)16-8-10-17(11-9-16)22-12-19(21)20-18-7-5-6-14(3)15(18)4/h5-11,13H,12H2,1-4H3,(H,20,21). The zero-order valence-corrected chi connectivity index (χ0v) is 13.6. The van der Waals surface area contributed by atoms with Crippen molar-refractivity contribution < 1.29 is 9.53 Å². The first kappa shape index (κ1) is 16.1. The lowest BCUT2D eigenvalue weighted by molar-refractivity contribution is -0.118. The third kappa shape index (κ3) is 4.10. The number of nitrogens with one attached hydrogen (secondary N) is 1. The lowest BCUT2D eigenvalue weighted by Gasteiger charge is -2.11. The number of aryl methyl sites for hydroxylation is 1. The van der Waals surface area contributed by atoms with Gasteiger partial charge in [0.1, 0.15) is 5.75 Å². The molecule has 0 atom stereocenters. The third-order valence-electron chi connectivity index (χ3n) is 3.80. The molecule has 0 aliphatic carbocycles. The molecule has 0 saturated heterocycles. The number of amides is 1. The van der Waals surface area contributed by atoms with Crippen LogP contribution in [-0.4, -0.2) is 12.5 Å². The van der Waals surface area contributed by atoms with Gasteiger partial charge in [0.2, 0.25) is 0 Å². The molecular formula is C19H23NO2. The second-order valence-electron chi connectivity index (χ2n) is 5.81. The van der Waals surface area contributed by atoms with E-state index in [1.165, 1.54) is 5.56 Å². The van der Waals surface area contributed by atoms with Crippen molar-refractivity contribution in [2.24, 2.45) is 0 Å². The van der Waals surface area contributed by atoms with E-state index in [4.69, 9.17) is 4.74 Å². The molecule has 2 aromatic carbocycles. The Morgan fingerprint density at radius 2 is 1.77 bits per heavy atom. The SMILES string of the molecule is Cc1cccc(NC(=O)COc2ccc(C(C)C)cc2)c1C. The summed E-state index contributed by atoms with van der Waals surface area (Å²) in [5, 5.41) is 2.89. The van der Waals surface area contributed by atoms with Crippen LogP contribution < -0.4 is 10.1 Å². The average Bonchev–Trinajstić information content (AvgIpc) is 2.50. The number of hydrogen-bond acceptors (Lipinski definition) is 2. The largest absolute Gasteiger partial charge is 0.484 e. The van der Waals surface area contributed by atoms with E-state index >= 15 is 0 Å². The predicted molar refractivity (Wildman–Crippen MR) is 90.6 cm³/mol. The molecule has 1 N–H and O–H groups in total. The van der Waals surface area contributed by atoms with Gasteiger partial charge >= 0.3 is 0 Å². The summed E-state index contributed by atoms with van der Waals surface area (Å²) in [5.74, 6) is 1.05. The Kier molecular flexibility index (Phi) is 5.21. The molecule has 0 aromatic heterocycles. The van der Waals surface area contributed by atoms with Crippen LogP contribution in [0, 0.1) is 13.8 Å². The van der Waals surface area contributed by atoms with E-state index < -0.39 is 0 Å². The number of carbonyl (C=O) groups excluding carboxylic acids is 1. The highest BCUT2D eigenvalue weighted by molar-refractivity contribution is 5.92. The summed E-state index contributed by atoms with van der Waals surface area (Å²) in [6, 6.07) is 13.7. The van der Waals surface area contributed by atoms with Crippen molar-refractivity contribution in [3.63, 3.8) is 0 Å². The molecule has 0 radical (unpaired) electrons. The summed E-state index contributed by atoms with van der Waals surface area (Å²) < 4.78 is 5.53. The van der Waals surface area contributed by atoms with E-state index in [-0.39, 0.29) is 12.5 Å². The molecule has 1 amide bonds. The molecule has 0 fully saturated rings. The van der Waals surface area contributed by atoms with Crippen molar-refractivity contribution in [2.75, 3.05) is 11.9 Å². The van der Waals surface area contributed by atoms with E-state index in [1.54, 1.807) is 0 Å². The molecule has 2 rings (SSSR count). The fourth-order valence-corrected chi connectivity index (χ4v) is 2.17. The van der Waals surface area contributed by atoms with Crippen molar-refractivity contribution in [1.82, 2.24) is 0 Å². The van der Waals surface area contributed by atoms with Crippen LogP contribution >= 0.6 is 0 Å². The number of hydrogen-bond donors (Lipinski definition) is 1. The summed E-state index contributed by atoms with van der Waals surface area (Å²) in [6.07, 6.45) is 0. The van der Waals surface area contributed by atoms with Crippen LogP contribution in [0.5, 0.6) is 5.75 Å². The first-order chi connectivity index (χ1) is 10.5. The van der Waals surface area contributed by atoms with Crippen LogP contribution in [0.15, 0.2) is 42.5 Å². The topological polar surface area (TPSA) is 38.3 Å². The van der Waals surface area contributed by atoms with Gasteiger partial charge in [-0.05, 0) is 54.7 Å². The molecule has 0 aliphatic rings. The Labute approximate surface area is 132 Å². The first-order valence-electron chi connectivity index (χ1n) is 7.56. The molecule has 22 heavy (non-hydrogen) atoms. The minimum Gasteiger partial charge on any atom is -0.484 e. The minimum absolute atomic E-state index is 0.00834. The maximum absolute atomic E-state index is 12.0. The number of ether oxygens (including phenoxy) is 1. The molecule has 0 aliphatic heterocycles. The molecule has 0 saturated carbocycles. The minimum atomic E-state index is -0.151. The van der Waals surface area contributed by atoms with Gasteiger partial charge in [-0.2, -0.15) is 0 Å². The Balaban J connectivity index is 1.91. The van der Waals surface area contributed by atoms with Gasteiger partial charge in [0, 0.05) is 5.69 Å². The fourth-order valence-electron chi connectivity index (χ4n) is 2.17. The Bertz CT molecular complexity index is 645. The van der Waals surface area contributed by atoms with Gasteiger partial charge in [-0.25, -0.2) is 0 Å². The number of anilines is 1. The normalized spacial score (nSPS) is 10.6. The van der Waals surface area contributed by atoms with Crippen molar-refractivity contribution in [3.8, 4) is 5.75 Å². The van der Waals surface area contributed by atoms with Crippen molar-refractivity contribution >= 4 is 11.6 Å². The van der Waals surface area contributed by atoms with Crippen LogP contribution in [0.1, 0.15) is 36.5 Å². The lowest BCUT2D eigenvalue weighted by atomic mass is 10.0. The molecule has 3 heteroatoms. The molecule has 3 nitrogen and oxygen atoms in total. The van der Waals surface area contributed by atoms with Crippen molar-refractivity contribution in [3.05, 3.63) is 59.2 Å². The van der Waals surface area contributed by atoms with Gasteiger partial charge in [0.05, 0.1) is 0 Å². The predicted octanol–water partition coefficient (Wildman–Crippen LogP) is 4.44. The third-order valence-corrected chi connectivity index (χ3v) is 3.80. The molecule has 0 heterocycles. The van der Waals surface area contributed by atoms with Crippen LogP contribution in [0.3, 0.4) is 0 Å². The van der Waals surface area contributed by atoms with E-state index in [2.05, 4.69) is 19.2 Å². The van der Waals surface area contributed by atoms with Crippen LogP contribution in [-0.2, 0) is 4.79 Å². The molecule has 0 bridgehead atoms. The molecule has 2 aromatic rings. The van der Waals surface area contributed by atoms with Crippen molar-refractivity contribution in [2.45, 2.75) is 33.6 Å². The highest BCUT2D eigenvalue weighted by Crippen LogP contribution is 2.19. The van der Waals surface area contributed by atoms with Crippen LogP contribution in [0.2, 0.25) is 0 Å². The van der Waals surface area contributed by atoms with Gasteiger partial charge in [-0.3, -0.25) is 4.79 Å². The van der Waals surface area contributed by atoms with Gasteiger partial charge in [-0.1, -0.05) is 38.1 Å². The molecule has 116 valence electrons. The van der Waals surface area contributed by atoms with Crippen molar-refractivity contribution in [1.29, 1.82) is 0 Å². The zero-order valence-electron chi connectivity index (χ0n) is 13.6. The smallest absolute Gasteiger partial charge is 0.262 e. The maximum Gasteiger partial charge on any atom is 0.262 e. The van der Waals surface area contributed by atoms with E-state index in [0.29, 0.717) is 11.7 Å². The second-order valence-corrected chi connectivity index (χ2v) is 5.81. The number of benzene rings is 2. The lowest BCUT2D eigenvalue weighted by Crippen LogP contribution is -2.20. The zero-order chi connectivity index (χ0) is 16.1. The highest BCUT2D eigenvalue weighted by atomic mass is 16.5. The molecule has 0 spiro atoms. The summed E-state index contributed by atoms with van der Waals surface area (Å²) in [5.41, 5.74) is 4.33. The van der Waals surface area contributed by atoms with Gasteiger partial charge in [0.25, 0.3) is 5.91 Å². The molecule has 0 unspecified atom stereocenters. The maximum atomic E-state index is 12.0. The fraction of sp³-hybridized carbons (Fsp3) is 0.316. The van der Waals surface area contributed by atoms with Gasteiger partial charge < -0.3 is 10.1 Å². The Morgan fingerprint density at radius 3 is 2.41 bits per heavy atom. The van der Waals surface area contributed by atoms with Gasteiger partial charge in [-0.15, -0.1) is 0 Å². The Morgan fingerprint density at radius 1 is 1.09 bits per heavy atom. The summed E-state index contributed by atoms with van der Waals surface area (Å²) >= 11 is 0.